The molecule has 0 fully saturated rings. The number of hydrogen-bond acceptors (Lipinski definition) is 6. The fourth-order valence-corrected chi connectivity index (χ4v) is 1.23. The molecule has 0 spiro atoms. The molecule has 0 unspecified atom stereocenters. The zero-order valence-electron chi connectivity index (χ0n) is 11.3. The molecule has 0 aromatic carbocycles. The van der Waals surface area contributed by atoms with E-state index in [4.69, 9.17) is 24.0 Å². The van der Waals surface area contributed by atoms with Gasteiger partial charge in [0.1, 0.15) is 0 Å². The van der Waals surface area contributed by atoms with Crippen LogP contribution in [0, 0.1) is 42.9 Å². The maximum Gasteiger partial charge on any atom is 0.311 e. The molecule has 0 aliphatic carbocycles. The number of rotatable bonds is 8. The van der Waals surface area contributed by atoms with Gasteiger partial charge in [-0.15, -0.1) is 19.3 Å². The van der Waals surface area contributed by atoms with Crippen LogP contribution in [0.15, 0.2) is 0 Å². The van der Waals surface area contributed by atoms with Crippen LogP contribution >= 0.6 is 0 Å². The van der Waals surface area contributed by atoms with E-state index >= 15 is 0 Å². The summed E-state index contributed by atoms with van der Waals surface area (Å²) in [6.45, 7) is -0.729. The average Bonchev–Trinajstić information content (AvgIpc) is 2.47. The predicted molar refractivity (Wildman–Crippen MR) is 72.1 cm³/mol. The molecule has 0 aromatic heterocycles. The zero-order valence-corrected chi connectivity index (χ0v) is 11.3. The maximum absolute atomic E-state index is 11.7. The van der Waals surface area contributed by atoms with Gasteiger partial charge in [0.15, 0.2) is 19.8 Å². The summed E-state index contributed by atoms with van der Waals surface area (Å²) in [5.41, 5.74) is 0. The van der Waals surface area contributed by atoms with Gasteiger partial charge in [-0.3, -0.25) is 14.4 Å². The van der Waals surface area contributed by atoms with E-state index in [2.05, 4.69) is 27.2 Å². The smallest absolute Gasteiger partial charge is 0.311 e. The number of ether oxygens (including phenoxy) is 3. The van der Waals surface area contributed by atoms with Gasteiger partial charge >= 0.3 is 17.9 Å². The Balaban J connectivity index is 4.62. The van der Waals surface area contributed by atoms with Crippen molar-refractivity contribution in [3.05, 3.63) is 0 Å². The van der Waals surface area contributed by atoms with Gasteiger partial charge in [-0.25, -0.2) is 0 Å². The normalized spacial score (nSPS) is 8.86. The fraction of sp³-hybridized carbons (Fsp3) is 0.400. The van der Waals surface area contributed by atoms with E-state index in [1.54, 1.807) is 0 Å². The van der Waals surface area contributed by atoms with E-state index in [0.717, 1.165) is 0 Å². The lowest BCUT2D eigenvalue weighted by Gasteiger charge is -2.13. The molecule has 0 radical (unpaired) electrons. The first kappa shape index (κ1) is 18.1. The van der Waals surface area contributed by atoms with E-state index < -0.39 is 23.8 Å². The molecule has 110 valence electrons. The molecule has 0 saturated heterocycles. The predicted octanol–water partition coefficient (Wildman–Crippen LogP) is -0.0880. The van der Waals surface area contributed by atoms with Crippen molar-refractivity contribution in [2.24, 2.45) is 5.92 Å². The number of hydrogen-bond donors (Lipinski definition) is 0. The minimum Gasteiger partial charge on any atom is -0.452 e. The van der Waals surface area contributed by atoms with Gasteiger partial charge in [-0.2, -0.15) is 0 Å². The monoisotopic (exact) mass is 290 g/mol. The van der Waals surface area contributed by atoms with Gasteiger partial charge < -0.3 is 14.2 Å². The van der Waals surface area contributed by atoms with Gasteiger partial charge in [0.25, 0.3) is 0 Å². The summed E-state index contributed by atoms with van der Waals surface area (Å²) >= 11 is 0. The Morgan fingerprint density at radius 3 is 1.52 bits per heavy atom. The van der Waals surface area contributed by atoms with Crippen molar-refractivity contribution in [2.45, 2.75) is 12.8 Å². The van der Waals surface area contributed by atoms with Crippen molar-refractivity contribution in [1.82, 2.24) is 0 Å². The fourth-order valence-electron chi connectivity index (χ4n) is 1.23. The third kappa shape index (κ3) is 8.75. The van der Waals surface area contributed by atoms with Crippen molar-refractivity contribution in [1.29, 1.82) is 0 Å². The maximum atomic E-state index is 11.7. The number of carbonyl (C=O) groups excluding carboxylic acids is 3. The molecule has 6 heteroatoms. The molecule has 0 bridgehead atoms. The Morgan fingerprint density at radius 2 is 1.14 bits per heavy atom. The second-order valence-corrected chi connectivity index (χ2v) is 3.65. The standard InChI is InChI=1S/C15H14O6/c1-4-7-19-13(16)10-12(15(18)21-9-6-3)11-14(17)20-8-5-2/h1-3,12H,7-11H2. The Kier molecular flexibility index (Phi) is 9.44. The summed E-state index contributed by atoms with van der Waals surface area (Å²) in [7, 11) is 0. The second kappa shape index (κ2) is 11.0. The van der Waals surface area contributed by atoms with E-state index in [1.807, 2.05) is 0 Å². The van der Waals surface area contributed by atoms with E-state index in [1.165, 1.54) is 0 Å². The molecule has 0 atom stereocenters. The van der Waals surface area contributed by atoms with Crippen LogP contribution < -0.4 is 0 Å². The SMILES string of the molecule is C#CCOC(=O)CC(CC(=O)OCC#C)C(=O)OCC#C. The summed E-state index contributed by atoms with van der Waals surface area (Å²) < 4.78 is 14.0. The van der Waals surface area contributed by atoms with Gasteiger partial charge in [-0.05, 0) is 0 Å². The van der Waals surface area contributed by atoms with Gasteiger partial charge in [0, 0.05) is 0 Å². The lowest BCUT2D eigenvalue weighted by Crippen LogP contribution is -2.25. The van der Waals surface area contributed by atoms with Crippen LogP contribution in [0.5, 0.6) is 0 Å². The lowest BCUT2D eigenvalue weighted by molar-refractivity contribution is -0.157. The minimum atomic E-state index is -1.08. The van der Waals surface area contributed by atoms with Crippen LogP contribution in [0.3, 0.4) is 0 Å². The molecule has 0 N–H and O–H groups in total. The highest BCUT2D eigenvalue weighted by molar-refractivity contribution is 5.84. The van der Waals surface area contributed by atoms with Crippen molar-refractivity contribution >= 4 is 17.9 Å². The summed E-state index contributed by atoms with van der Waals surface area (Å²) in [6.07, 6.45) is 14.1. The van der Waals surface area contributed by atoms with Crippen LogP contribution in [0.25, 0.3) is 0 Å². The quantitative estimate of drug-likeness (QED) is 0.353. The van der Waals surface area contributed by atoms with Crippen molar-refractivity contribution in [3.8, 4) is 37.0 Å². The molecule has 6 nitrogen and oxygen atoms in total. The van der Waals surface area contributed by atoms with Crippen molar-refractivity contribution in [3.63, 3.8) is 0 Å². The molecule has 0 heterocycles. The van der Waals surface area contributed by atoms with Gasteiger partial charge in [0.2, 0.25) is 0 Å². The first-order valence-electron chi connectivity index (χ1n) is 5.83. The summed E-state index contributed by atoms with van der Waals surface area (Å²) in [6, 6.07) is 0. The number of carbonyl (C=O) groups is 3. The first-order chi connectivity index (χ1) is 10.0. The van der Waals surface area contributed by atoms with Crippen LogP contribution in [0.4, 0.5) is 0 Å². The van der Waals surface area contributed by atoms with Crippen LogP contribution in [-0.4, -0.2) is 37.7 Å². The van der Waals surface area contributed by atoms with E-state index in [0.29, 0.717) is 0 Å². The third-order valence-corrected chi connectivity index (χ3v) is 2.09. The van der Waals surface area contributed by atoms with Crippen molar-refractivity contribution in [2.75, 3.05) is 19.8 Å². The van der Waals surface area contributed by atoms with E-state index in [9.17, 15) is 14.4 Å². The number of terminal acetylenes is 3. The van der Waals surface area contributed by atoms with Gasteiger partial charge in [0.05, 0.1) is 18.8 Å². The molecule has 0 aliphatic rings. The molecule has 0 rings (SSSR count). The Bertz CT molecular complexity index is 468. The zero-order chi connectivity index (χ0) is 16.1. The molecule has 0 aliphatic heterocycles. The highest BCUT2D eigenvalue weighted by Gasteiger charge is 2.27. The second-order valence-electron chi connectivity index (χ2n) is 3.65. The summed E-state index contributed by atoms with van der Waals surface area (Å²) in [4.78, 5) is 34.6. The molecule has 0 aromatic rings. The molecular weight excluding hydrogens is 276 g/mol. The largest absolute Gasteiger partial charge is 0.452 e. The molecule has 0 saturated carbocycles. The van der Waals surface area contributed by atoms with Gasteiger partial charge in [-0.1, -0.05) is 17.8 Å². The topological polar surface area (TPSA) is 78.9 Å². The minimum absolute atomic E-state index is 0.230. The first-order valence-corrected chi connectivity index (χ1v) is 5.83. The van der Waals surface area contributed by atoms with Crippen LogP contribution in [-0.2, 0) is 28.6 Å². The van der Waals surface area contributed by atoms with Crippen molar-refractivity contribution < 1.29 is 28.6 Å². The third-order valence-electron chi connectivity index (χ3n) is 2.09. The summed E-state index contributed by atoms with van der Waals surface area (Å²) in [5.74, 6) is 2.96. The molecule has 0 amide bonds. The van der Waals surface area contributed by atoms with Crippen LogP contribution in [0.1, 0.15) is 12.8 Å². The highest BCUT2D eigenvalue weighted by Crippen LogP contribution is 2.13. The van der Waals surface area contributed by atoms with Crippen LogP contribution in [0.2, 0.25) is 0 Å². The Morgan fingerprint density at radius 1 is 0.762 bits per heavy atom. The Hall–Kier alpha value is -2.91. The molecular formula is C15H14O6. The summed E-state index contributed by atoms with van der Waals surface area (Å²) in [5, 5.41) is 0. The lowest BCUT2D eigenvalue weighted by atomic mass is 10.0. The van der Waals surface area contributed by atoms with E-state index in [-0.39, 0.29) is 32.7 Å². The highest BCUT2D eigenvalue weighted by atomic mass is 16.5. The number of esters is 3. The Labute approximate surface area is 123 Å². The average molecular weight is 290 g/mol. The molecule has 21 heavy (non-hydrogen) atoms.